The van der Waals surface area contributed by atoms with Gasteiger partial charge in [-0.1, -0.05) is 13.8 Å². The van der Waals surface area contributed by atoms with Crippen molar-refractivity contribution in [1.82, 2.24) is 15.3 Å². The predicted octanol–water partition coefficient (Wildman–Crippen LogP) is 1.85. The molecule has 0 atom stereocenters. The maximum atomic E-state index is 4.45. The monoisotopic (exact) mass is 193 g/mol. The average Bonchev–Trinajstić information content (AvgIpc) is 2.17. The van der Waals surface area contributed by atoms with Crippen molar-refractivity contribution < 1.29 is 0 Å². The van der Waals surface area contributed by atoms with Gasteiger partial charge in [0, 0.05) is 18.7 Å². The Morgan fingerprint density at radius 1 is 1.29 bits per heavy atom. The van der Waals surface area contributed by atoms with Crippen molar-refractivity contribution >= 4 is 0 Å². The quantitative estimate of drug-likeness (QED) is 0.725. The van der Waals surface area contributed by atoms with Gasteiger partial charge in [-0.15, -0.1) is 0 Å². The van der Waals surface area contributed by atoms with Crippen LogP contribution < -0.4 is 5.32 Å². The standard InChI is InChI=1S/C11H19N3/c1-4-6-12-8-10-7-9(3)13-11(5-2)14-10/h7,12H,4-6,8H2,1-3H3. The van der Waals surface area contributed by atoms with Crippen LogP contribution in [-0.2, 0) is 13.0 Å². The topological polar surface area (TPSA) is 37.8 Å². The molecular formula is C11H19N3. The first kappa shape index (κ1) is 11.1. The molecule has 0 radical (unpaired) electrons. The lowest BCUT2D eigenvalue weighted by atomic mass is 10.3. The van der Waals surface area contributed by atoms with Gasteiger partial charge >= 0.3 is 0 Å². The lowest BCUT2D eigenvalue weighted by Crippen LogP contribution is -2.15. The van der Waals surface area contributed by atoms with Crippen LogP contribution in [0.3, 0.4) is 0 Å². The number of nitrogens with zero attached hydrogens (tertiary/aromatic N) is 2. The number of hydrogen-bond acceptors (Lipinski definition) is 3. The maximum absolute atomic E-state index is 4.45. The summed E-state index contributed by atoms with van der Waals surface area (Å²) in [6.07, 6.45) is 2.06. The highest BCUT2D eigenvalue weighted by Crippen LogP contribution is 2.01. The van der Waals surface area contributed by atoms with Crippen LogP contribution in [0.25, 0.3) is 0 Å². The third-order valence-electron chi connectivity index (χ3n) is 2.00. The molecule has 0 saturated carbocycles. The fourth-order valence-corrected chi connectivity index (χ4v) is 1.34. The normalized spacial score (nSPS) is 10.5. The van der Waals surface area contributed by atoms with Gasteiger partial charge in [0.1, 0.15) is 5.82 Å². The van der Waals surface area contributed by atoms with Gasteiger partial charge in [-0.25, -0.2) is 9.97 Å². The van der Waals surface area contributed by atoms with Crippen molar-refractivity contribution in [2.45, 2.75) is 40.2 Å². The summed E-state index contributed by atoms with van der Waals surface area (Å²) in [5.41, 5.74) is 2.16. The summed E-state index contributed by atoms with van der Waals surface area (Å²) in [6.45, 7) is 8.16. The minimum atomic E-state index is 0.851. The summed E-state index contributed by atoms with van der Waals surface area (Å²) in [4.78, 5) is 8.79. The van der Waals surface area contributed by atoms with Crippen LogP contribution in [0.15, 0.2) is 6.07 Å². The van der Waals surface area contributed by atoms with Crippen molar-refractivity contribution in [2.24, 2.45) is 0 Å². The number of rotatable bonds is 5. The first-order valence-electron chi connectivity index (χ1n) is 5.30. The Hall–Kier alpha value is -0.960. The first-order valence-corrected chi connectivity index (χ1v) is 5.30. The van der Waals surface area contributed by atoms with E-state index in [0.717, 1.165) is 43.1 Å². The molecule has 0 saturated heterocycles. The van der Waals surface area contributed by atoms with E-state index in [1.165, 1.54) is 0 Å². The second kappa shape index (κ2) is 5.70. The van der Waals surface area contributed by atoms with Crippen molar-refractivity contribution in [3.05, 3.63) is 23.3 Å². The highest BCUT2D eigenvalue weighted by molar-refractivity contribution is 5.09. The Labute approximate surface area is 86.0 Å². The van der Waals surface area contributed by atoms with Gasteiger partial charge in [0.05, 0.1) is 5.69 Å². The van der Waals surface area contributed by atoms with Crippen LogP contribution in [0.4, 0.5) is 0 Å². The molecule has 0 unspecified atom stereocenters. The molecule has 0 bridgehead atoms. The number of hydrogen-bond donors (Lipinski definition) is 1. The molecule has 0 amide bonds. The minimum absolute atomic E-state index is 0.851. The summed E-state index contributed by atoms with van der Waals surface area (Å²) >= 11 is 0. The molecule has 14 heavy (non-hydrogen) atoms. The molecule has 0 aromatic carbocycles. The van der Waals surface area contributed by atoms with E-state index < -0.39 is 0 Å². The van der Waals surface area contributed by atoms with Gasteiger partial charge < -0.3 is 5.32 Å². The van der Waals surface area contributed by atoms with Crippen LogP contribution in [0.5, 0.6) is 0 Å². The minimum Gasteiger partial charge on any atom is -0.311 e. The lowest BCUT2D eigenvalue weighted by molar-refractivity contribution is 0.658. The van der Waals surface area contributed by atoms with Crippen LogP contribution in [0, 0.1) is 6.92 Å². The Kier molecular flexibility index (Phi) is 4.53. The van der Waals surface area contributed by atoms with Gasteiger partial charge in [0.15, 0.2) is 0 Å². The van der Waals surface area contributed by atoms with E-state index in [9.17, 15) is 0 Å². The van der Waals surface area contributed by atoms with Crippen LogP contribution in [-0.4, -0.2) is 16.5 Å². The lowest BCUT2D eigenvalue weighted by Gasteiger charge is -2.05. The molecule has 78 valence electrons. The summed E-state index contributed by atoms with van der Waals surface area (Å²) < 4.78 is 0. The molecule has 3 heteroatoms. The predicted molar refractivity (Wildman–Crippen MR) is 58.1 cm³/mol. The second-order valence-corrected chi connectivity index (χ2v) is 3.45. The average molecular weight is 193 g/mol. The zero-order chi connectivity index (χ0) is 10.4. The van der Waals surface area contributed by atoms with E-state index in [-0.39, 0.29) is 0 Å². The summed E-state index contributed by atoms with van der Waals surface area (Å²) in [7, 11) is 0. The van der Waals surface area contributed by atoms with Crippen molar-refractivity contribution in [3.63, 3.8) is 0 Å². The third kappa shape index (κ3) is 3.42. The molecular weight excluding hydrogens is 174 g/mol. The first-order chi connectivity index (χ1) is 6.76. The Bertz CT molecular complexity index is 284. The van der Waals surface area contributed by atoms with Gasteiger partial charge in [0.25, 0.3) is 0 Å². The van der Waals surface area contributed by atoms with E-state index in [1.807, 2.05) is 13.0 Å². The van der Waals surface area contributed by atoms with E-state index in [1.54, 1.807) is 0 Å². The zero-order valence-electron chi connectivity index (χ0n) is 9.30. The highest BCUT2D eigenvalue weighted by Gasteiger charge is 1.99. The molecule has 0 aliphatic heterocycles. The van der Waals surface area contributed by atoms with Crippen LogP contribution in [0.2, 0.25) is 0 Å². The Morgan fingerprint density at radius 3 is 2.71 bits per heavy atom. The second-order valence-electron chi connectivity index (χ2n) is 3.45. The maximum Gasteiger partial charge on any atom is 0.128 e. The van der Waals surface area contributed by atoms with E-state index in [2.05, 4.69) is 29.1 Å². The molecule has 0 aliphatic carbocycles. The fraction of sp³-hybridized carbons (Fsp3) is 0.636. The van der Waals surface area contributed by atoms with Crippen molar-refractivity contribution in [2.75, 3.05) is 6.54 Å². The summed E-state index contributed by atoms with van der Waals surface area (Å²) in [5.74, 6) is 0.943. The van der Waals surface area contributed by atoms with Crippen LogP contribution >= 0.6 is 0 Å². The smallest absolute Gasteiger partial charge is 0.128 e. The number of nitrogens with one attached hydrogen (secondary N) is 1. The van der Waals surface area contributed by atoms with Gasteiger partial charge in [-0.3, -0.25) is 0 Å². The van der Waals surface area contributed by atoms with Gasteiger partial charge in [-0.2, -0.15) is 0 Å². The molecule has 1 heterocycles. The zero-order valence-corrected chi connectivity index (χ0v) is 9.30. The number of aryl methyl sites for hydroxylation is 2. The Morgan fingerprint density at radius 2 is 2.07 bits per heavy atom. The van der Waals surface area contributed by atoms with Gasteiger partial charge in [-0.05, 0) is 26.0 Å². The molecule has 1 rings (SSSR count). The molecule has 3 nitrogen and oxygen atoms in total. The summed E-state index contributed by atoms with van der Waals surface area (Å²) in [6, 6.07) is 2.04. The van der Waals surface area contributed by atoms with Crippen molar-refractivity contribution in [1.29, 1.82) is 0 Å². The van der Waals surface area contributed by atoms with Crippen LogP contribution in [0.1, 0.15) is 37.5 Å². The van der Waals surface area contributed by atoms with Gasteiger partial charge in [0.2, 0.25) is 0 Å². The molecule has 1 N–H and O–H groups in total. The molecule has 0 spiro atoms. The molecule has 0 fully saturated rings. The summed E-state index contributed by atoms with van der Waals surface area (Å²) in [5, 5.41) is 3.34. The molecule has 1 aromatic heterocycles. The van der Waals surface area contributed by atoms with Crippen molar-refractivity contribution in [3.8, 4) is 0 Å². The molecule has 0 aliphatic rings. The van der Waals surface area contributed by atoms with E-state index in [4.69, 9.17) is 0 Å². The third-order valence-corrected chi connectivity index (χ3v) is 2.00. The van der Waals surface area contributed by atoms with E-state index >= 15 is 0 Å². The highest BCUT2D eigenvalue weighted by atomic mass is 14.9. The molecule has 1 aromatic rings. The fourth-order valence-electron chi connectivity index (χ4n) is 1.34. The Balaban J connectivity index is 2.62. The van der Waals surface area contributed by atoms with E-state index in [0.29, 0.717) is 0 Å². The number of aromatic nitrogens is 2. The SMILES string of the molecule is CCCNCc1cc(C)nc(CC)n1. The largest absolute Gasteiger partial charge is 0.311 e.